The minimum absolute atomic E-state index is 0.0911. The number of hydrogen-bond donors (Lipinski definition) is 1. The van der Waals surface area contributed by atoms with E-state index in [1.165, 1.54) is 4.90 Å². The summed E-state index contributed by atoms with van der Waals surface area (Å²) < 4.78 is 16.1. The molecule has 1 N–H and O–H groups in total. The molecule has 6 nitrogen and oxygen atoms in total. The number of nitrogens with zero attached hydrogens (tertiary/aromatic N) is 3. The van der Waals surface area contributed by atoms with Crippen molar-refractivity contribution in [1.82, 2.24) is 14.7 Å². The molecule has 1 unspecified atom stereocenters. The van der Waals surface area contributed by atoms with E-state index >= 15 is 0 Å². The number of amides is 1. The molecule has 2 aliphatic rings. The largest absolute Gasteiger partial charge is 0.479 e. The van der Waals surface area contributed by atoms with Crippen LogP contribution in [0.5, 0.6) is 0 Å². The quantitative estimate of drug-likeness (QED) is 0.915. The van der Waals surface area contributed by atoms with Crippen molar-refractivity contribution in [2.75, 3.05) is 13.1 Å². The number of carbonyl (C=O) groups excluding carboxylic acids is 1. The Hall–Kier alpha value is -2.70. The van der Waals surface area contributed by atoms with E-state index in [4.69, 9.17) is 5.11 Å². The molecule has 1 aliphatic heterocycles. The zero-order valence-corrected chi connectivity index (χ0v) is 14.5. The van der Waals surface area contributed by atoms with Crippen LogP contribution in [0.25, 0.3) is 5.69 Å². The maximum absolute atomic E-state index is 14.3. The van der Waals surface area contributed by atoms with E-state index in [9.17, 15) is 14.0 Å². The van der Waals surface area contributed by atoms with Gasteiger partial charge in [-0.2, -0.15) is 5.10 Å². The molecule has 0 bridgehead atoms. The lowest BCUT2D eigenvalue weighted by Gasteiger charge is -2.17. The van der Waals surface area contributed by atoms with E-state index in [2.05, 4.69) is 5.10 Å². The summed E-state index contributed by atoms with van der Waals surface area (Å²) >= 11 is 0. The third-order valence-corrected chi connectivity index (χ3v) is 5.30. The third kappa shape index (κ3) is 2.58. The van der Waals surface area contributed by atoms with Crippen LogP contribution in [0, 0.1) is 6.92 Å². The molecule has 0 radical (unpaired) electrons. The van der Waals surface area contributed by atoms with Crippen molar-refractivity contribution in [2.45, 2.75) is 38.3 Å². The number of likely N-dealkylation sites (tertiary alicyclic amines) is 1. The summed E-state index contributed by atoms with van der Waals surface area (Å²) in [4.78, 5) is 25.3. The van der Waals surface area contributed by atoms with Crippen LogP contribution in [0.4, 0.5) is 4.39 Å². The molecule has 136 valence electrons. The average molecular weight is 357 g/mol. The van der Waals surface area contributed by atoms with Crippen molar-refractivity contribution in [1.29, 1.82) is 0 Å². The zero-order chi connectivity index (χ0) is 18.5. The maximum atomic E-state index is 14.3. The number of rotatable bonds is 3. The summed E-state index contributed by atoms with van der Waals surface area (Å²) in [6.45, 7) is 1.67. The fourth-order valence-corrected chi connectivity index (χ4v) is 3.78. The minimum Gasteiger partial charge on any atom is -0.479 e. The molecule has 0 spiro atoms. The number of carboxylic acids is 1. The lowest BCUT2D eigenvalue weighted by atomic mass is 10.1. The van der Waals surface area contributed by atoms with Gasteiger partial charge in [0, 0.05) is 24.2 Å². The van der Waals surface area contributed by atoms with Gasteiger partial charge < -0.3 is 10.0 Å². The van der Waals surface area contributed by atoms with Crippen molar-refractivity contribution in [3.05, 3.63) is 46.8 Å². The second-order valence-corrected chi connectivity index (χ2v) is 7.12. The molecule has 1 amide bonds. The summed E-state index contributed by atoms with van der Waals surface area (Å²) in [6, 6.07) is 7.90. The minimum atomic E-state index is -2.36. The summed E-state index contributed by atoms with van der Waals surface area (Å²) in [5.74, 6) is -1.89. The molecule has 0 saturated carbocycles. The van der Waals surface area contributed by atoms with Crippen molar-refractivity contribution in [2.24, 2.45) is 0 Å². The van der Waals surface area contributed by atoms with Crippen LogP contribution in [-0.4, -0.2) is 50.4 Å². The van der Waals surface area contributed by atoms with E-state index in [0.717, 1.165) is 41.8 Å². The van der Waals surface area contributed by atoms with Gasteiger partial charge in [0.2, 0.25) is 5.67 Å². The lowest BCUT2D eigenvalue weighted by Crippen LogP contribution is -2.39. The Bertz CT molecular complexity index is 890. The van der Waals surface area contributed by atoms with Crippen LogP contribution < -0.4 is 0 Å². The number of carboxylic acid groups (broad SMARTS) is 1. The zero-order valence-electron chi connectivity index (χ0n) is 14.5. The molecule has 2 aromatic rings. The molecular formula is C19H20FN3O3. The fraction of sp³-hybridized carbons (Fsp3) is 0.421. The smallest absolute Gasteiger partial charge is 0.343 e. The van der Waals surface area contributed by atoms with Crippen LogP contribution in [0.2, 0.25) is 0 Å². The van der Waals surface area contributed by atoms with Gasteiger partial charge in [-0.05, 0) is 38.3 Å². The first-order chi connectivity index (χ1) is 12.4. The monoisotopic (exact) mass is 357 g/mol. The van der Waals surface area contributed by atoms with Gasteiger partial charge in [-0.1, -0.05) is 17.7 Å². The SMILES string of the molecule is Cc1ccc(-n2nc(C(=O)N3CCC(F)(C(=O)O)C3)c3c2CCC3)cc1. The van der Waals surface area contributed by atoms with Gasteiger partial charge in [0.25, 0.3) is 5.91 Å². The number of halogens is 1. The molecule has 1 aliphatic carbocycles. The Balaban J connectivity index is 1.68. The highest BCUT2D eigenvalue weighted by Gasteiger charge is 2.47. The third-order valence-electron chi connectivity index (χ3n) is 5.30. The maximum Gasteiger partial charge on any atom is 0.343 e. The number of aryl methyl sites for hydroxylation is 1. The van der Waals surface area contributed by atoms with Crippen molar-refractivity contribution in [3.8, 4) is 5.69 Å². The molecule has 4 rings (SSSR count). The predicted octanol–water partition coefficient (Wildman–Crippen LogP) is 2.31. The van der Waals surface area contributed by atoms with Crippen LogP contribution in [0.15, 0.2) is 24.3 Å². The van der Waals surface area contributed by atoms with Gasteiger partial charge >= 0.3 is 5.97 Å². The van der Waals surface area contributed by atoms with Gasteiger partial charge in [0.1, 0.15) is 0 Å². The normalized spacial score (nSPS) is 21.8. The van der Waals surface area contributed by atoms with Gasteiger partial charge in [-0.25, -0.2) is 13.9 Å². The summed E-state index contributed by atoms with van der Waals surface area (Å²) in [7, 11) is 0. The van der Waals surface area contributed by atoms with Gasteiger partial charge in [0.15, 0.2) is 5.69 Å². The first-order valence-electron chi connectivity index (χ1n) is 8.78. The highest BCUT2D eigenvalue weighted by Crippen LogP contribution is 2.31. The molecule has 1 aromatic carbocycles. The molecule has 1 atom stereocenters. The summed E-state index contributed by atoms with van der Waals surface area (Å²) in [5.41, 5.74) is 1.91. The van der Waals surface area contributed by atoms with E-state index in [1.807, 2.05) is 31.2 Å². The standard InChI is InChI=1S/C19H20FN3O3/c1-12-5-7-13(8-6-12)23-15-4-2-3-14(15)16(21-23)17(24)22-10-9-19(20,11-22)18(25)26/h5-8H,2-4,9-11H2,1H3,(H,25,26). The number of benzene rings is 1. The number of fused-ring (bicyclic) bond motifs is 1. The Morgan fingerprint density at radius 2 is 1.96 bits per heavy atom. The molecular weight excluding hydrogens is 337 g/mol. The number of aliphatic carboxylic acids is 1. The van der Waals surface area contributed by atoms with Crippen LogP contribution in [0.3, 0.4) is 0 Å². The first-order valence-corrected chi connectivity index (χ1v) is 8.78. The Labute approximate surface area is 150 Å². The van der Waals surface area contributed by atoms with Crippen LogP contribution in [0.1, 0.15) is 40.2 Å². The molecule has 1 aromatic heterocycles. The van der Waals surface area contributed by atoms with Crippen LogP contribution in [-0.2, 0) is 17.6 Å². The topological polar surface area (TPSA) is 75.4 Å². The van der Waals surface area contributed by atoms with Crippen molar-refractivity contribution < 1.29 is 19.1 Å². The highest BCUT2D eigenvalue weighted by molar-refractivity contribution is 5.95. The van der Waals surface area contributed by atoms with E-state index in [1.54, 1.807) is 4.68 Å². The summed E-state index contributed by atoms with van der Waals surface area (Å²) in [5, 5.41) is 13.6. The van der Waals surface area contributed by atoms with Gasteiger partial charge in [-0.15, -0.1) is 0 Å². The van der Waals surface area contributed by atoms with Gasteiger partial charge in [-0.3, -0.25) is 4.79 Å². The number of carbonyl (C=O) groups is 2. The van der Waals surface area contributed by atoms with Crippen LogP contribution >= 0.6 is 0 Å². The second kappa shape index (κ2) is 5.93. The first kappa shape index (κ1) is 16.8. The highest BCUT2D eigenvalue weighted by atomic mass is 19.1. The van der Waals surface area contributed by atoms with E-state index in [0.29, 0.717) is 5.69 Å². The van der Waals surface area contributed by atoms with Gasteiger partial charge in [0.05, 0.1) is 12.2 Å². The average Bonchev–Trinajstić information content (AvgIpc) is 3.30. The molecule has 7 heteroatoms. The number of aromatic nitrogens is 2. The Morgan fingerprint density at radius 3 is 2.62 bits per heavy atom. The van der Waals surface area contributed by atoms with E-state index < -0.39 is 18.2 Å². The molecule has 2 heterocycles. The Kier molecular flexibility index (Phi) is 3.82. The molecule has 26 heavy (non-hydrogen) atoms. The van der Waals surface area contributed by atoms with Crippen molar-refractivity contribution in [3.63, 3.8) is 0 Å². The summed E-state index contributed by atoms with van der Waals surface area (Å²) in [6.07, 6.45) is 2.36. The number of hydrogen-bond acceptors (Lipinski definition) is 3. The van der Waals surface area contributed by atoms with Crippen molar-refractivity contribution >= 4 is 11.9 Å². The van der Waals surface area contributed by atoms with E-state index in [-0.39, 0.29) is 18.9 Å². The Morgan fingerprint density at radius 1 is 1.23 bits per heavy atom. The molecule has 1 saturated heterocycles. The lowest BCUT2D eigenvalue weighted by molar-refractivity contribution is -0.149. The number of alkyl halides is 1. The molecule has 1 fully saturated rings. The second-order valence-electron chi connectivity index (χ2n) is 7.12. The fourth-order valence-electron chi connectivity index (χ4n) is 3.78. The predicted molar refractivity (Wildman–Crippen MR) is 92.3 cm³/mol.